The fraction of sp³-hybridized carbons (Fsp3) is 0.409. The Kier molecular flexibility index (Phi) is 5.36. The van der Waals surface area contributed by atoms with Gasteiger partial charge in [0.15, 0.2) is 0 Å². The number of fused-ring (bicyclic) bond motifs is 1. The highest BCUT2D eigenvalue weighted by Gasteiger charge is 2.32. The molecule has 2 aromatic rings. The monoisotopic (exact) mass is 413 g/mol. The van der Waals surface area contributed by atoms with Crippen molar-refractivity contribution in [1.82, 2.24) is 9.80 Å². The van der Waals surface area contributed by atoms with Crippen molar-refractivity contribution in [3.63, 3.8) is 0 Å². The Morgan fingerprint density at radius 1 is 1.07 bits per heavy atom. The second-order valence-corrected chi connectivity index (χ2v) is 9.86. The van der Waals surface area contributed by atoms with Gasteiger partial charge in [-0.2, -0.15) is 0 Å². The molecule has 2 aliphatic heterocycles. The van der Waals surface area contributed by atoms with Crippen LogP contribution in [0.1, 0.15) is 28.8 Å². The number of sulfonamides is 1. The van der Waals surface area contributed by atoms with E-state index in [-0.39, 0.29) is 10.8 Å². The minimum Gasteiger partial charge on any atom is -0.337 e. The number of para-hydroxylation sites is 1. The first-order valence-corrected chi connectivity index (χ1v) is 11.5. The molecule has 7 heteroatoms. The van der Waals surface area contributed by atoms with Crippen LogP contribution in [0.25, 0.3) is 0 Å². The van der Waals surface area contributed by atoms with Crippen molar-refractivity contribution in [2.24, 2.45) is 0 Å². The van der Waals surface area contributed by atoms with Crippen LogP contribution in [0, 0.1) is 0 Å². The molecule has 4 rings (SSSR count). The molecule has 0 radical (unpaired) electrons. The van der Waals surface area contributed by atoms with Crippen LogP contribution < -0.4 is 4.31 Å². The van der Waals surface area contributed by atoms with Gasteiger partial charge >= 0.3 is 0 Å². The van der Waals surface area contributed by atoms with Gasteiger partial charge < -0.3 is 9.80 Å². The van der Waals surface area contributed by atoms with Gasteiger partial charge in [-0.25, -0.2) is 8.42 Å². The molecule has 0 bridgehead atoms. The van der Waals surface area contributed by atoms with Gasteiger partial charge in [0.2, 0.25) is 0 Å². The van der Waals surface area contributed by atoms with Gasteiger partial charge in [0, 0.05) is 31.2 Å². The molecule has 0 aliphatic carbocycles. The summed E-state index contributed by atoms with van der Waals surface area (Å²) in [5.74, 6) is -0.101. The average molecular weight is 414 g/mol. The number of piperidine rings is 1. The SMILES string of the molecule is CN(C)C1CCCN(C(=O)c2cccc(S(=O)(=O)N3CCc4ccccc43)c2)C1. The predicted octanol–water partition coefficient (Wildman–Crippen LogP) is 2.60. The fourth-order valence-corrected chi connectivity index (χ4v) is 5.77. The number of benzene rings is 2. The summed E-state index contributed by atoms with van der Waals surface area (Å²) >= 11 is 0. The van der Waals surface area contributed by atoms with E-state index in [0.717, 1.165) is 24.1 Å². The molecule has 0 spiro atoms. The van der Waals surface area contributed by atoms with Crippen LogP contribution in [0.5, 0.6) is 0 Å². The van der Waals surface area contributed by atoms with Crippen molar-refractivity contribution in [2.75, 3.05) is 38.0 Å². The van der Waals surface area contributed by atoms with Crippen molar-refractivity contribution in [3.8, 4) is 0 Å². The van der Waals surface area contributed by atoms with Gasteiger partial charge in [0.25, 0.3) is 15.9 Å². The molecule has 1 unspecified atom stereocenters. The zero-order chi connectivity index (χ0) is 20.6. The summed E-state index contributed by atoms with van der Waals surface area (Å²) in [4.78, 5) is 17.2. The number of hydrogen-bond donors (Lipinski definition) is 0. The molecule has 0 aromatic heterocycles. The summed E-state index contributed by atoms with van der Waals surface area (Å²) in [5.41, 5.74) is 2.19. The molecule has 2 aliphatic rings. The quantitative estimate of drug-likeness (QED) is 0.773. The van der Waals surface area contributed by atoms with E-state index in [1.165, 1.54) is 10.4 Å². The summed E-state index contributed by atoms with van der Waals surface area (Å²) in [7, 11) is 0.346. The van der Waals surface area contributed by atoms with Gasteiger partial charge in [-0.15, -0.1) is 0 Å². The molecule has 1 saturated heterocycles. The predicted molar refractivity (Wildman–Crippen MR) is 114 cm³/mol. The molecule has 29 heavy (non-hydrogen) atoms. The van der Waals surface area contributed by atoms with E-state index in [4.69, 9.17) is 0 Å². The Labute approximate surface area is 172 Å². The summed E-state index contributed by atoms with van der Waals surface area (Å²) in [6, 6.07) is 14.4. The number of likely N-dealkylation sites (N-methyl/N-ethyl adjacent to an activating group) is 1. The molecule has 2 aromatic carbocycles. The molecule has 1 atom stereocenters. The summed E-state index contributed by atoms with van der Waals surface area (Å²) in [6.07, 6.45) is 2.73. The first-order chi connectivity index (χ1) is 13.9. The Bertz CT molecular complexity index is 1020. The van der Waals surface area contributed by atoms with E-state index < -0.39 is 10.0 Å². The fourth-order valence-electron chi connectivity index (χ4n) is 4.22. The average Bonchev–Trinajstić information content (AvgIpc) is 3.18. The standard InChI is InChI=1S/C22H27N3O3S/c1-23(2)19-9-6-13-24(16-19)22(26)18-8-5-10-20(15-18)29(27,28)25-14-12-17-7-3-4-11-21(17)25/h3-5,7-8,10-11,15,19H,6,9,12-14,16H2,1-2H3. The van der Waals surface area contributed by atoms with Crippen molar-refractivity contribution in [1.29, 1.82) is 0 Å². The molecule has 0 saturated carbocycles. The molecule has 6 nitrogen and oxygen atoms in total. The highest BCUT2D eigenvalue weighted by atomic mass is 32.2. The maximum absolute atomic E-state index is 13.3. The number of carbonyl (C=O) groups is 1. The number of carbonyl (C=O) groups excluding carboxylic acids is 1. The summed E-state index contributed by atoms with van der Waals surface area (Å²) in [5, 5.41) is 0. The molecular formula is C22H27N3O3S. The number of hydrogen-bond acceptors (Lipinski definition) is 4. The third kappa shape index (κ3) is 3.76. The van der Waals surface area contributed by atoms with E-state index >= 15 is 0 Å². The maximum atomic E-state index is 13.3. The smallest absolute Gasteiger partial charge is 0.264 e. The van der Waals surface area contributed by atoms with E-state index in [2.05, 4.69) is 4.90 Å². The van der Waals surface area contributed by atoms with Crippen LogP contribution in [0.4, 0.5) is 5.69 Å². The molecule has 1 amide bonds. The number of likely N-dealkylation sites (tertiary alicyclic amines) is 1. The zero-order valence-electron chi connectivity index (χ0n) is 16.9. The number of anilines is 1. The molecular weight excluding hydrogens is 386 g/mol. The minimum atomic E-state index is -3.71. The van der Waals surface area contributed by atoms with Crippen molar-refractivity contribution in [3.05, 3.63) is 59.7 Å². The van der Waals surface area contributed by atoms with Gasteiger partial charge in [-0.1, -0.05) is 24.3 Å². The van der Waals surface area contributed by atoms with Crippen molar-refractivity contribution < 1.29 is 13.2 Å². The van der Waals surface area contributed by atoms with Crippen LogP contribution in [-0.2, 0) is 16.4 Å². The number of rotatable bonds is 4. The van der Waals surface area contributed by atoms with E-state index in [0.29, 0.717) is 37.7 Å². The summed E-state index contributed by atoms with van der Waals surface area (Å²) in [6.45, 7) is 1.80. The molecule has 154 valence electrons. The van der Waals surface area contributed by atoms with Crippen LogP contribution in [0.15, 0.2) is 53.4 Å². The second kappa shape index (κ2) is 7.80. The lowest BCUT2D eigenvalue weighted by atomic mass is 10.0. The van der Waals surface area contributed by atoms with Crippen LogP contribution >= 0.6 is 0 Å². The largest absolute Gasteiger partial charge is 0.337 e. The maximum Gasteiger partial charge on any atom is 0.264 e. The van der Waals surface area contributed by atoms with Crippen LogP contribution in [0.3, 0.4) is 0 Å². The van der Waals surface area contributed by atoms with Crippen LogP contribution in [0.2, 0.25) is 0 Å². The first-order valence-electron chi connectivity index (χ1n) is 10.0. The van der Waals surface area contributed by atoms with E-state index in [1.807, 2.05) is 43.3 Å². The lowest BCUT2D eigenvalue weighted by Gasteiger charge is -2.36. The van der Waals surface area contributed by atoms with Gasteiger partial charge in [-0.05, 0) is 63.2 Å². The molecule has 2 heterocycles. The Balaban J connectivity index is 1.60. The normalized spacial score (nSPS) is 19.5. The topological polar surface area (TPSA) is 60.9 Å². The Morgan fingerprint density at radius 2 is 1.86 bits per heavy atom. The lowest BCUT2D eigenvalue weighted by molar-refractivity contribution is 0.0635. The molecule has 1 fully saturated rings. The Morgan fingerprint density at radius 3 is 2.66 bits per heavy atom. The number of nitrogens with zero attached hydrogens (tertiary/aromatic N) is 3. The van der Waals surface area contributed by atoms with Gasteiger partial charge in [0.05, 0.1) is 10.6 Å². The zero-order valence-corrected chi connectivity index (χ0v) is 17.7. The van der Waals surface area contributed by atoms with Crippen molar-refractivity contribution in [2.45, 2.75) is 30.2 Å². The third-order valence-electron chi connectivity index (χ3n) is 5.93. The van der Waals surface area contributed by atoms with Crippen LogP contribution in [-0.4, -0.2) is 63.9 Å². The molecule has 0 N–H and O–H groups in total. The van der Waals surface area contributed by atoms with E-state index in [9.17, 15) is 13.2 Å². The van der Waals surface area contributed by atoms with Gasteiger partial charge in [0.1, 0.15) is 0 Å². The Hall–Kier alpha value is -2.38. The first kappa shape index (κ1) is 19.9. The second-order valence-electron chi connectivity index (χ2n) is 7.99. The highest BCUT2D eigenvalue weighted by Crippen LogP contribution is 2.33. The third-order valence-corrected chi connectivity index (χ3v) is 7.74. The summed E-state index contributed by atoms with van der Waals surface area (Å²) < 4.78 is 28.0. The number of amides is 1. The highest BCUT2D eigenvalue weighted by molar-refractivity contribution is 7.92. The van der Waals surface area contributed by atoms with Crippen molar-refractivity contribution >= 4 is 21.6 Å². The minimum absolute atomic E-state index is 0.101. The van der Waals surface area contributed by atoms with Gasteiger partial charge in [-0.3, -0.25) is 9.10 Å². The van der Waals surface area contributed by atoms with E-state index in [1.54, 1.807) is 18.2 Å². The lowest BCUT2D eigenvalue weighted by Crippen LogP contribution is -2.47.